The van der Waals surface area contributed by atoms with Gasteiger partial charge in [-0.25, -0.2) is 0 Å². The zero-order valence-corrected chi connectivity index (χ0v) is 10.5. The number of ether oxygens (including phenoxy) is 1. The Morgan fingerprint density at radius 3 is 2.50 bits per heavy atom. The Morgan fingerprint density at radius 2 is 1.94 bits per heavy atom. The molecular formula is C15H20O. The zero-order valence-electron chi connectivity index (χ0n) is 10.5. The van der Waals surface area contributed by atoms with E-state index in [2.05, 4.69) is 39.0 Å². The maximum absolute atomic E-state index is 6.01. The minimum Gasteiger partial charge on any atom is -0.366 e. The maximum atomic E-state index is 6.01. The van der Waals surface area contributed by atoms with Crippen LogP contribution in [0.3, 0.4) is 0 Å². The van der Waals surface area contributed by atoms with Crippen molar-refractivity contribution in [1.82, 2.24) is 0 Å². The molecule has 86 valence electrons. The van der Waals surface area contributed by atoms with Crippen molar-refractivity contribution < 1.29 is 4.74 Å². The fourth-order valence-electron chi connectivity index (χ4n) is 2.83. The Morgan fingerprint density at radius 1 is 1.19 bits per heavy atom. The largest absolute Gasteiger partial charge is 0.366 e. The monoisotopic (exact) mass is 216 g/mol. The van der Waals surface area contributed by atoms with Gasteiger partial charge >= 0.3 is 0 Å². The van der Waals surface area contributed by atoms with Gasteiger partial charge in [0.2, 0.25) is 0 Å². The van der Waals surface area contributed by atoms with Crippen molar-refractivity contribution in [2.24, 2.45) is 0 Å². The van der Waals surface area contributed by atoms with Crippen molar-refractivity contribution in [3.8, 4) is 0 Å². The Kier molecular flexibility index (Phi) is 2.00. The molecule has 0 atom stereocenters. The van der Waals surface area contributed by atoms with E-state index in [1.54, 1.807) is 0 Å². The van der Waals surface area contributed by atoms with E-state index >= 15 is 0 Å². The highest BCUT2D eigenvalue weighted by molar-refractivity contribution is 5.41. The summed E-state index contributed by atoms with van der Waals surface area (Å²) < 4.78 is 6.01. The lowest BCUT2D eigenvalue weighted by molar-refractivity contribution is -0.0943. The highest BCUT2D eigenvalue weighted by Crippen LogP contribution is 2.50. The molecule has 1 aliphatic heterocycles. The molecule has 0 aromatic heterocycles. The Balaban J connectivity index is 2.03. The van der Waals surface area contributed by atoms with Crippen molar-refractivity contribution >= 4 is 0 Å². The Hall–Kier alpha value is -0.820. The lowest BCUT2D eigenvalue weighted by Crippen LogP contribution is -2.33. The summed E-state index contributed by atoms with van der Waals surface area (Å²) in [5, 5.41) is 0. The second-order valence-electron chi connectivity index (χ2n) is 6.26. The van der Waals surface area contributed by atoms with Crippen LogP contribution in [-0.4, -0.2) is 0 Å². The van der Waals surface area contributed by atoms with Crippen LogP contribution in [0, 0.1) is 0 Å². The number of hydrogen-bond donors (Lipinski definition) is 0. The van der Waals surface area contributed by atoms with Crippen LogP contribution in [0.4, 0.5) is 0 Å². The molecule has 0 bridgehead atoms. The molecule has 1 heteroatoms. The molecule has 1 aromatic carbocycles. The second-order valence-corrected chi connectivity index (χ2v) is 6.26. The van der Waals surface area contributed by atoms with Gasteiger partial charge in [0.1, 0.15) is 0 Å². The van der Waals surface area contributed by atoms with Crippen molar-refractivity contribution in [1.29, 1.82) is 0 Å². The Bertz CT molecular complexity index is 422. The lowest BCUT2D eigenvalue weighted by Gasteiger charge is -2.38. The first kappa shape index (κ1) is 10.3. The molecule has 1 heterocycles. The van der Waals surface area contributed by atoms with Gasteiger partial charge < -0.3 is 4.74 Å². The van der Waals surface area contributed by atoms with Crippen molar-refractivity contribution in [2.45, 2.75) is 57.7 Å². The summed E-state index contributed by atoms with van der Waals surface area (Å²) in [7, 11) is 0. The van der Waals surface area contributed by atoms with Gasteiger partial charge in [0.15, 0.2) is 0 Å². The zero-order chi connectivity index (χ0) is 11.4. The number of hydrogen-bond acceptors (Lipinski definition) is 1. The van der Waals surface area contributed by atoms with Crippen LogP contribution in [0.5, 0.6) is 0 Å². The van der Waals surface area contributed by atoms with Gasteiger partial charge in [-0.1, -0.05) is 39.0 Å². The fourth-order valence-corrected chi connectivity index (χ4v) is 2.83. The minimum atomic E-state index is 0.117. The molecule has 2 aliphatic rings. The molecule has 3 rings (SSSR count). The number of rotatable bonds is 0. The third-order valence-corrected chi connectivity index (χ3v) is 4.13. The van der Waals surface area contributed by atoms with E-state index in [-0.39, 0.29) is 11.0 Å². The predicted octanol–water partition coefficient (Wildman–Crippen LogP) is 3.89. The van der Waals surface area contributed by atoms with Gasteiger partial charge in [-0.2, -0.15) is 0 Å². The summed E-state index contributed by atoms with van der Waals surface area (Å²) in [6.45, 7) is 7.62. The van der Waals surface area contributed by atoms with Crippen molar-refractivity contribution in [3.63, 3.8) is 0 Å². The van der Waals surface area contributed by atoms with Crippen LogP contribution < -0.4 is 0 Å². The van der Waals surface area contributed by atoms with Gasteiger partial charge in [-0.05, 0) is 41.4 Å². The van der Waals surface area contributed by atoms with E-state index in [0.29, 0.717) is 0 Å². The average Bonchev–Trinajstić information content (AvgIpc) is 2.53. The highest BCUT2D eigenvalue weighted by atomic mass is 16.5. The quantitative estimate of drug-likeness (QED) is 0.639. The molecule has 1 aliphatic carbocycles. The molecule has 16 heavy (non-hydrogen) atoms. The summed E-state index contributed by atoms with van der Waals surface area (Å²) in [5.74, 6) is 0. The van der Waals surface area contributed by atoms with E-state index < -0.39 is 0 Å². The third kappa shape index (κ3) is 1.34. The number of fused-ring (bicyclic) bond motifs is 2. The van der Waals surface area contributed by atoms with Crippen molar-refractivity contribution in [3.05, 3.63) is 34.9 Å². The lowest BCUT2D eigenvalue weighted by atomic mass is 9.74. The van der Waals surface area contributed by atoms with Gasteiger partial charge in [-0.15, -0.1) is 0 Å². The number of benzene rings is 1. The molecular weight excluding hydrogens is 196 g/mol. The molecule has 1 aromatic rings. The van der Waals surface area contributed by atoms with Crippen LogP contribution >= 0.6 is 0 Å². The van der Waals surface area contributed by atoms with Crippen LogP contribution in [0.25, 0.3) is 0 Å². The molecule has 0 unspecified atom stereocenters. The highest BCUT2D eigenvalue weighted by Gasteiger charge is 2.45. The van der Waals surface area contributed by atoms with E-state index in [4.69, 9.17) is 4.74 Å². The average molecular weight is 216 g/mol. The first-order valence-corrected chi connectivity index (χ1v) is 6.29. The SMILES string of the molecule is CC(C)(C)c1ccc2c(c1)COC21CCC1. The normalized spacial score (nSPS) is 21.9. The van der Waals surface area contributed by atoms with E-state index in [0.717, 1.165) is 6.61 Å². The molecule has 1 fully saturated rings. The Labute approximate surface area is 97.8 Å². The first-order chi connectivity index (χ1) is 7.51. The van der Waals surface area contributed by atoms with Crippen LogP contribution in [0.2, 0.25) is 0 Å². The summed E-state index contributed by atoms with van der Waals surface area (Å²) in [5.41, 5.74) is 4.67. The fraction of sp³-hybridized carbons (Fsp3) is 0.600. The third-order valence-electron chi connectivity index (χ3n) is 4.13. The molecule has 0 radical (unpaired) electrons. The second kappa shape index (κ2) is 3.10. The molecule has 0 N–H and O–H groups in total. The first-order valence-electron chi connectivity index (χ1n) is 6.29. The van der Waals surface area contributed by atoms with Gasteiger partial charge in [-0.3, -0.25) is 0 Å². The van der Waals surface area contributed by atoms with E-state index in [9.17, 15) is 0 Å². The molecule has 0 amide bonds. The summed E-state index contributed by atoms with van der Waals surface area (Å²) in [4.78, 5) is 0. The smallest absolute Gasteiger partial charge is 0.0939 e. The maximum Gasteiger partial charge on any atom is 0.0939 e. The van der Waals surface area contributed by atoms with E-state index in [1.807, 2.05) is 0 Å². The van der Waals surface area contributed by atoms with Gasteiger partial charge in [0, 0.05) is 0 Å². The van der Waals surface area contributed by atoms with Crippen LogP contribution in [0.1, 0.15) is 56.7 Å². The topological polar surface area (TPSA) is 9.23 Å². The van der Waals surface area contributed by atoms with Crippen molar-refractivity contribution in [2.75, 3.05) is 0 Å². The van der Waals surface area contributed by atoms with Gasteiger partial charge in [0.25, 0.3) is 0 Å². The minimum absolute atomic E-state index is 0.117. The van der Waals surface area contributed by atoms with E-state index in [1.165, 1.54) is 36.0 Å². The standard InChI is InChI=1S/C15H20O/c1-14(2,3)12-5-6-13-11(9-12)10-16-15(13)7-4-8-15/h5-6,9H,4,7-8,10H2,1-3H3. The molecule has 1 spiro atoms. The van der Waals surface area contributed by atoms with Crippen LogP contribution in [0.15, 0.2) is 18.2 Å². The van der Waals surface area contributed by atoms with Gasteiger partial charge in [0.05, 0.1) is 12.2 Å². The predicted molar refractivity (Wildman–Crippen MR) is 65.5 cm³/mol. The summed E-state index contributed by atoms with van der Waals surface area (Å²) >= 11 is 0. The molecule has 0 saturated heterocycles. The molecule has 1 saturated carbocycles. The van der Waals surface area contributed by atoms with Crippen LogP contribution in [-0.2, 0) is 22.4 Å². The summed E-state index contributed by atoms with van der Waals surface area (Å²) in [6, 6.07) is 6.94. The molecule has 1 nitrogen and oxygen atoms in total. The summed E-state index contributed by atoms with van der Waals surface area (Å²) in [6.07, 6.45) is 3.75.